The molecule has 1 aliphatic heterocycles. The molecule has 4 rings (SSSR count). The van der Waals surface area contributed by atoms with Gasteiger partial charge in [-0.05, 0) is 38.8 Å². The van der Waals surface area contributed by atoms with Crippen LogP contribution in [0.2, 0.25) is 0 Å². The molecule has 0 unspecified atom stereocenters. The minimum absolute atomic E-state index is 0.220. The highest BCUT2D eigenvalue weighted by atomic mass is 32.1. The van der Waals surface area contributed by atoms with Crippen molar-refractivity contribution in [2.75, 3.05) is 13.1 Å². The predicted molar refractivity (Wildman–Crippen MR) is 70.1 cm³/mol. The fourth-order valence-electron chi connectivity index (χ4n) is 2.66. The van der Waals surface area contributed by atoms with Crippen molar-refractivity contribution in [3.8, 4) is 0 Å². The Kier molecular flexibility index (Phi) is 2.26. The van der Waals surface area contributed by atoms with Crippen LogP contribution in [0.3, 0.4) is 0 Å². The standard InChI is InChI=1S/C12H17N5S/c1-12(4-6-13-7-5-12)10-16-17-9(8-2-3-8)14-15-11(17)18-10/h8,13H,2-7H2,1H3. The van der Waals surface area contributed by atoms with Crippen LogP contribution in [-0.4, -0.2) is 32.9 Å². The van der Waals surface area contributed by atoms with Crippen molar-refractivity contribution >= 4 is 16.3 Å². The molecule has 2 aromatic rings. The third kappa shape index (κ3) is 1.59. The quantitative estimate of drug-likeness (QED) is 0.896. The van der Waals surface area contributed by atoms with E-state index in [0.717, 1.165) is 36.7 Å². The van der Waals surface area contributed by atoms with Crippen molar-refractivity contribution in [3.05, 3.63) is 10.8 Å². The average Bonchev–Trinajstić information content (AvgIpc) is 2.99. The van der Waals surface area contributed by atoms with Crippen LogP contribution in [0.1, 0.15) is 49.4 Å². The Morgan fingerprint density at radius 1 is 1.28 bits per heavy atom. The molecule has 1 saturated carbocycles. The van der Waals surface area contributed by atoms with E-state index in [9.17, 15) is 0 Å². The van der Waals surface area contributed by atoms with Gasteiger partial charge in [-0.2, -0.15) is 9.61 Å². The van der Waals surface area contributed by atoms with E-state index in [1.807, 2.05) is 4.52 Å². The second kappa shape index (κ2) is 3.74. The number of hydrogen-bond acceptors (Lipinski definition) is 5. The second-order valence-electron chi connectivity index (χ2n) is 5.74. The maximum Gasteiger partial charge on any atom is 0.234 e. The first kappa shape index (κ1) is 10.9. The number of nitrogens with zero attached hydrogens (tertiary/aromatic N) is 4. The molecular weight excluding hydrogens is 246 g/mol. The van der Waals surface area contributed by atoms with Gasteiger partial charge in [-0.15, -0.1) is 10.2 Å². The number of nitrogens with one attached hydrogen (secondary N) is 1. The Hall–Kier alpha value is -1.01. The second-order valence-corrected chi connectivity index (χ2v) is 6.70. The molecule has 6 heteroatoms. The summed E-state index contributed by atoms with van der Waals surface area (Å²) in [6.07, 6.45) is 4.81. The minimum Gasteiger partial charge on any atom is -0.317 e. The third-order valence-electron chi connectivity index (χ3n) is 4.18. The van der Waals surface area contributed by atoms with E-state index in [1.54, 1.807) is 11.3 Å². The maximum absolute atomic E-state index is 4.81. The van der Waals surface area contributed by atoms with Gasteiger partial charge in [-0.25, -0.2) is 0 Å². The van der Waals surface area contributed by atoms with Crippen molar-refractivity contribution in [2.45, 2.75) is 43.9 Å². The van der Waals surface area contributed by atoms with Crippen molar-refractivity contribution in [1.29, 1.82) is 0 Å². The average molecular weight is 263 g/mol. The van der Waals surface area contributed by atoms with E-state index in [-0.39, 0.29) is 5.41 Å². The number of hydrogen-bond donors (Lipinski definition) is 1. The van der Waals surface area contributed by atoms with Gasteiger partial charge in [0.2, 0.25) is 4.96 Å². The van der Waals surface area contributed by atoms with E-state index < -0.39 is 0 Å². The van der Waals surface area contributed by atoms with Gasteiger partial charge in [0.25, 0.3) is 0 Å². The molecule has 0 bridgehead atoms. The Morgan fingerprint density at radius 3 is 2.78 bits per heavy atom. The molecule has 1 saturated heterocycles. The van der Waals surface area contributed by atoms with Crippen LogP contribution in [0, 0.1) is 0 Å². The van der Waals surface area contributed by atoms with Gasteiger partial charge in [0.05, 0.1) is 0 Å². The first-order valence-corrected chi connectivity index (χ1v) is 7.51. The molecule has 2 aromatic heterocycles. The molecule has 96 valence electrons. The molecule has 2 fully saturated rings. The zero-order chi connectivity index (χ0) is 12.2. The summed E-state index contributed by atoms with van der Waals surface area (Å²) in [4.78, 5) is 0.964. The highest BCUT2D eigenvalue weighted by Gasteiger charge is 2.35. The number of fused-ring (bicyclic) bond motifs is 1. The van der Waals surface area contributed by atoms with Gasteiger partial charge in [0.15, 0.2) is 5.82 Å². The smallest absolute Gasteiger partial charge is 0.234 e. The van der Waals surface area contributed by atoms with Gasteiger partial charge in [-0.3, -0.25) is 0 Å². The molecule has 1 N–H and O–H groups in total. The summed E-state index contributed by atoms with van der Waals surface area (Å²) < 4.78 is 1.99. The molecule has 0 amide bonds. The number of aromatic nitrogens is 4. The van der Waals surface area contributed by atoms with E-state index in [0.29, 0.717) is 5.92 Å². The minimum atomic E-state index is 0.220. The SMILES string of the molecule is CC1(c2nn3c(C4CC4)nnc3s2)CCNCC1. The first-order valence-electron chi connectivity index (χ1n) is 6.70. The van der Waals surface area contributed by atoms with Crippen molar-refractivity contribution < 1.29 is 0 Å². The lowest BCUT2D eigenvalue weighted by Crippen LogP contribution is -2.37. The van der Waals surface area contributed by atoms with Crippen molar-refractivity contribution in [2.24, 2.45) is 0 Å². The Bertz CT molecular complexity index is 576. The molecule has 3 heterocycles. The van der Waals surface area contributed by atoms with Gasteiger partial charge < -0.3 is 5.32 Å². The van der Waals surface area contributed by atoms with Crippen LogP contribution >= 0.6 is 11.3 Å². The molecule has 0 radical (unpaired) electrons. The molecule has 2 aliphatic rings. The lowest BCUT2D eigenvalue weighted by Gasteiger charge is -2.31. The first-order chi connectivity index (χ1) is 8.76. The fourth-order valence-corrected chi connectivity index (χ4v) is 3.71. The summed E-state index contributed by atoms with van der Waals surface area (Å²) in [5.74, 6) is 1.68. The summed E-state index contributed by atoms with van der Waals surface area (Å²) in [5.41, 5.74) is 0.220. The number of piperidine rings is 1. The number of rotatable bonds is 2. The lowest BCUT2D eigenvalue weighted by atomic mass is 9.82. The van der Waals surface area contributed by atoms with Crippen LogP contribution in [0.5, 0.6) is 0 Å². The Labute approximate surface area is 110 Å². The zero-order valence-electron chi connectivity index (χ0n) is 10.5. The Morgan fingerprint density at radius 2 is 2.06 bits per heavy atom. The fraction of sp³-hybridized carbons (Fsp3) is 0.750. The molecular formula is C12H17N5S. The van der Waals surface area contributed by atoms with E-state index in [4.69, 9.17) is 5.10 Å². The van der Waals surface area contributed by atoms with Gasteiger partial charge in [0, 0.05) is 11.3 Å². The highest BCUT2D eigenvalue weighted by molar-refractivity contribution is 7.16. The van der Waals surface area contributed by atoms with Crippen molar-refractivity contribution in [3.63, 3.8) is 0 Å². The third-order valence-corrected chi connectivity index (χ3v) is 5.39. The Balaban J connectivity index is 1.76. The van der Waals surface area contributed by atoms with Gasteiger partial charge >= 0.3 is 0 Å². The van der Waals surface area contributed by atoms with Crippen molar-refractivity contribution in [1.82, 2.24) is 25.1 Å². The molecule has 5 nitrogen and oxygen atoms in total. The summed E-state index contributed by atoms with van der Waals surface area (Å²) in [7, 11) is 0. The molecule has 18 heavy (non-hydrogen) atoms. The van der Waals surface area contributed by atoms with Crippen LogP contribution in [0.4, 0.5) is 0 Å². The largest absolute Gasteiger partial charge is 0.317 e. The highest BCUT2D eigenvalue weighted by Crippen LogP contribution is 2.41. The summed E-state index contributed by atoms with van der Waals surface area (Å²) in [6, 6.07) is 0. The summed E-state index contributed by atoms with van der Waals surface area (Å²) in [6.45, 7) is 4.51. The molecule has 0 aromatic carbocycles. The van der Waals surface area contributed by atoms with Gasteiger partial charge in [0.1, 0.15) is 5.01 Å². The van der Waals surface area contributed by atoms with Crippen LogP contribution in [-0.2, 0) is 5.41 Å². The maximum atomic E-state index is 4.81. The summed E-state index contributed by atoms with van der Waals surface area (Å²) in [5, 5.41) is 18.0. The zero-order valence-corrected chi connectivity index (χ0v) is 11.3. The molecule has 0 spiro atoms. The van der Waals surface area contributed by atoms with Crippen LogP contribution < -0.4 is 5.32 Å². The normalized spacial score (nSPS) is 23.6. The van der Waals surface area contributed by atoms with E-state index in [2.05, 4.69) is 22.4 Å². The summed E-state index contributed by atoms with van der Waals surface area (Å²) >= 11 is 1.72. The lowest BCUT2D eigenvalue weighted by molar-refractivity contribution is 0.331. The molecule has 0 atom stereocenters. The van der Waals surface area contributed by atoms with E-state index in [1.165, 1.54) is 17.8 Å². The van der Waals surface area contributed by atoms with Crippen LogP contribution in [0.25, 0.3) is 4.96 Å². The predicted octanol–water partition coefficient (Wildman–Crippen LogP) is 1.70. The van der Waals surface area contributed by atoms with Crippen LogP contribution in [0.15, 0.2) is 0 Å². The van der Waals surface area contributed by atoms with E-state index >= 15 is 0 Å². The monoisotopic (exact) mass is 263 g/mol. The molecule has 1 aliphatic carbocycles. The topological polar surface area (TPSA) is 55.1 Å². The van der Waals surface area contributed by atoms with Gasteiger partial charge in [-0.1, -0.05) is 18.3 Å².